The highest BCUT2D eigenvalue weighted by atomic mass is 16.3. The van der Waals surface area contributed by atoms with Crippen molar-refractivity contribution in [2.75, 3.05) is 0 Å². The number of allylic oxidation sites excluding steroid dienone is 1. The predicted molar refractivity (Wildman–Crippen MR) is 36.6 cm³/mol. The summed E-state index contributed by atoms with van der Waals surface area (Å²) >= 11 is 0. The molecule has 0 saturated heterocycles. The van der Waals surface area contributed by atoms with Crippen LogP contribution in [0.3, 0.4) is 0 Å². The van der Waals surface area contributed by atoms with Gasteiger partial charge in [0.05, 0.1) is 0 Å². The van der Waals surface area contributed by atoms with Crippen LogP contribution in [0.1, 0.15) is 13.8 Å². The molecule has 0 rings (SSSR count). The standard InChI is InChI=1S/C7H10O3/c1-4(8)7(5(2)9)6(3)10/h7-8H,1H2,2-3H3. The molecule has 0 aliphatic heterocycles. The number of aliphatic hydroxyl groups excluding tert-OH is 1. The molecule has 0 radical (unpaired) electrons. The molecule has 0 spiro atoms. The van der Waals surface area contributed by atoms with Crippen molar-refractivity contribution in [3.63, 3.8) is 0 Å². The molecule has 0 atom stereocenters. The van der Waals surface area contributed by atoms with Crippen LogP contribution in [0, 0.1) is 5.92 Å². The molecule has 0 unspecified atom stereocenters. The van der Waals surface area contributed by atoms with E-state index >= 15 is 0 Å². The average Bonchev–Trinajstić information content (AvgIpc) is 1.59. The van der Waals surface area contributed by atoms with Crippen LogP contribution < -0.4 is 0 Å². The van der Waals surface area contributed by atoms with Gasteiger partial charge in [0.25, 0.3) is 0 Å². The highest BCUT2D eigenvalue weighted by Crippen LogP contribution is 2.07. The molecule has 3 heteroatoms. The number of hydrogen-bond donors (Lipinski definition) is 1. The lowest BCUT2D eigenvalue weighted by Gasteiger charge is -2.06. The molecule has 10 heavy (non-hydrogen) atoms. The summed E-state index contributed by atoms with van der Waals surface area (Å²) in [6.07, 6.45) is 0. The van der Waals surface area contributed by atoms with E-state index in [9.17, 15) is 9.59 Å². The van der Waals surface area contributed by atoms with Gasteiger partial charge in [-0.15, -0.1) is 0 Å². The maximum atomic E-state index is 10.6. The van der Waals surface area contributed by atoms with E-state index in [1.54, 1.807) is 0 Å². The molecule has 0 aromatic carbocycles. The zero-order valence-corrected chi connectivity index (χ0v) is 6.05. The molecule has 0 fully saturated rings. The first-order valence-corrected chi connectivity index (χ1v) is 2.85. The number of aliphatic hydroxyl groups is 1. The molecule has 0 saturated carbocycles. The van der Waals surface area contributed by atoms with Crippen LogP contribution in [-0.2, 0) is 9.59 Å². The average molecular weight is 142 g/mol. The Hall–Kier alpha value is -1.12. The van der Waals surface area contributed by atoms with Crippen molar-refractivity contribution in [1.29, 1.82) is 0 Å². The lowest BCUT2D eigenvalue weighted by Crippen LogP contribution is -2.20. The molecule has 3 nitrogen and oxygen atoms in total. The van der Waals surface area contributed by atoms with Gasteiger partial charge in [-0.2, -0.15) is 0 Å². The SMILES string of the molecule is C=C(O)C(C(C)=O)C(C)=O. The lowest BCUT2D eigenvalue weighted by molar-refractivity contribution is -0.129. The molecular formula is C7H10O3. The van der Waals surface area contributed by atoms with Crippen LogP contribution in [0.25, 0.3) is 0 Å². The van der Waals surface area contributed by atoms with Gasteiger partial charge < -0.3 is 5.11 Å². The number of ketones is 2. The second-order valence-electron chi connectivity index (χ2n) is 2.15. The molecule has 0 aliphatic rings. The molecule has 56 valence electrons. The van der Waals surface area contributed by atoms with E-state index < -0.39 is 5.92 Å². The van der Waals surface area contributed by atoms with Crippen LogP contribution in [0.5, 0.6) is 0 Å². The fourth-order valence-electron chi connectivity index (χ4n) is 0.756. The summed E-state index contributed by atoms with van der Waals surface area (Å²) in [5.41, 5.74) is 0. The summed E-state index contributed by atoms with van der Waals surface area (Å²) in [6, 6.07) is 0. The highest BCUT2D eigenvalue weighted by Gasteiger charge is 2.21. The molecule has 0 aromatic heterocycles. The number of Topliss-reactive ketones (excluding diaryl/α,β-unsaturated/α-hetero) is 2. The fourth-order valence-corrected chi connectivity index (χ4v) is 0.756. The van der Waals surface area contributed by atoms with E-state index in [0.29, 0.717) is 0 Å². The Bertz CT molecular complexity index is 148. The Balaban J connectivity index is 4.43. The maximum Gasteiger partial charge on any atom is 0.147 e. The topological polar surface area (TPSA) is 54.4 Å². The van der Waals surface area contributed by atoms with Gasteiger partial charge in [0, 0.05) is 0 Å². The van der Waals surface area contributed by atoms with Gasteiger partial charge in [0.15, 0.2) is 0 Å². The first kappa shape index (κ1) is 8.88. The van der Waals surface area contributed by atoms with Crippen LogP contribution >= 0.6 is 0 Å². The van der Waals surface area contributed by atoms with Crippen molar-refractivity contribution in [2.45, 2.75) is 13.8 Å². The van der Waals surface area contributed by atoms with Crippen molar-refractivity contribution in [3.8, 4) is 0 Å². The van der Waals surface area contributed by atoms with Crippen molar-refractivity contribution < 1.29 is 14.7 Å². The monoisotopic (exact) mass is 142 g/mol. The summed E-state index contributed by atoms with van der Waals surface area (Å²) in [5.74, 6) is -2.15. The minimum atomic E-state index is -1.03. The lowest BCUT2D eigenvalue weighted by atomic mass is 10.00. The molecule has 1 N–H and O–H groups in total. The second-order valence-corrected chi connectivity index (χ2v) is 2.15. The maximum absolute atomic E-state index is 10.6. The minimum absolute atomic E-state index is 0.375. The van der Waals surface area contributed by atoms with Gasteiger partial charge in [-0.05, 0) is 13.8 Å². The molecule has 0 heterocycles. The first-order chi connectivity index (χ1) is 4.46. The third kappa shape index (κ3) is 2.01. The minimum Gasteiger partial charge on any atom is -0.512 e. The van der Waals surface area contributed by atoms with Crippen molar-refractivity contribution in [1.82, 2.24) is 0 Å². The van der Waals surface area contributed by atoms with Crippen molar-refractivity contribution in [2.24, 2.45) is 5.92 Å². The highest BCUT2D eigenvalue weighted by molar-refractivity contribution is 6.02. The van der Waals surface area contributed by atoms with Gasteiger partial charge in [0.2, 0.25) is 0 Å². The zero-order chi connectivity index (χ0) is 8.31. The Morgan fingerprint density at radius 3 is 1.60 bits per heavy atom. The quantitative estimate of drug-likeness (QED) is 0.469. The molecule has 0 bridgehead atoms. The van der Waals surface area contributed by atoms with E-state index in [1.165, 1.54) is 13.8 Å². The molecule has 0 aromatic rings. The van der Waals surface area contributed by atoms with E-state index in [4.69, 9.17) is 5.11 Å². The van der Waals surface area contributed by atoms with E-state index in [1.807, 2.05) is 0 Å². The van der Waals surface area contributed by atoms with E-state index in [2.05, 4.69) is 6.58 Å². The zero-order valence-electron chi connectivity index (χ0n) is 6.05. The third-order valence-corrected chi connectivity index (χ3v) is 1.15. The number of hydrogen-bond acceptors (Lipinski definition) is 3. The van der Waals surface area contributed by atoms with Crippen LogP contribution in [0.4, 0.5) is 0 Å². The van der Waals surface area contributed by atoms with Crippen LogP contribution in [0.2, 0.25) is 0 Å². The fraction of sp³-hybridized carbons (Fsp3) is 0.429. The van der Waals surface area contributed by atoms with Gasteiger partial charge in [-0.1, -0.05) is 6.58 Å². The Morgan fingerprint density at radius 2 is 1.60 bits per heavy atom. The van der Waals surface area contributed by atoms with Crippen molar-refractivity contribution in [3.05, 3.63) is 12.3 Å². The largest absolute Gasteiger partial charge is 0.512 e. The molecule has 0 aliphatic carbocycles. The smallest absolute Gasteiger partial charge is 0.147 e. The molecule has 0 amide bonds. The number of carbonyl (C=O) groups excluding carboxylic acids is 2. The Kier molecular flexibility index (Phi) is 2.80. The summed E-state index contributed by atoms with van der Waals surface area (Å²) in [4.78, 5) is 21.2. The number of carbonyl (C=O) groups is 2. The predicted octanol–water partition coefficient (Wildman–Crippen LogP) is 0.852. The van der Waals surface area contributed by atoms with Crippen LogP contribution in [-0.4, -0.2) is 16.7 Å². The second kappa shape index (κ2) is 3.15. The normalized spacial score (nSPS) is 9.50. The van der Waals surface area contributed by atoms with Gasteiger partial charge in [-0.3, -0.25) is 9.59 Å². The Morgan fingerprint density at radius 1 is 1.30 bits per heavy atom. The number of rotatable bonds is 3. The van der Waals surface area contributed by atoms with Gasteiger partial charge in [0.1, 0.15) is 23.2 Å². The van der Waals surface area contributed by atoms with Gasteiger partial charge >= 0.3 is 0 Å². The molecular weight excluding hydrogens is 132 g/mol. The summed E-state index contributed by atoms with van der Waals surface area (Å²) in [7, 11) is 0. The Labute approximate surface area is 59.4 Å². The van der Waals surface area contributed by atoms with Crippen LogP contribution in [0.15, 0.2) is 12.3 Å². The van der Waals surface area contributed by atoms with Crippen molar-refractivity contribution >= 4 is 11.6 Å². The summed E-state index contributed by atoms with van der Waals surface area (Å²) in [5, 5.41) is 8.72. The summed E-state index contributed by atoms with van der Waals surface area (Å²) in [6.45, 7) is 5.60. The van der Waals surface area contributed by atoms with E-state index in [-0.39, 0.29) is 17.3 Å². The third-order valence-electron chi connectivity index (χ3n) is 1.15. The van der Waals surface area contributed by atoms with E-state index in [0.717, 1.165) is 0 Å². The summed E-state index contributed by atoms with van der Waals surface area (Å²) < 4.78 is 0. The van der Waals surface area contributed by atoms with Gasteiger partial charge in [-0.25, -0.2) is 0 Å². The first-order valence-electron chi connectivity index (χ1n) is 2.85.